The molecular weight excluding hydrogens is 426 g/mol. The number of carboxylic acids is 1. The molecule has 1 aliphatic carbocycles. The number of carboxylic acid groups (broad SMARTS) is 1. The van der Waals surface area contributed by atoms with Gasteiger partial charge in [0, 0.05) is 12.5 Å². The second kappa shape index (κ2) is 8.23. The van der Waals surface area contributed by atoms with E-state index in [0.717, 1.165) is 22.3 Å². The van der Waals surface area contributed by atoms with Crippen LogP contribution in [0.15, 0.2) is 48.5 Å². The Morgan fingerprint density at radius 3 is 2.33 bits per heavy atom. The number of nitrogens with zero attached hydrogens (tertiary/aromatic N) is 1. The number of hydrogen-bond donors (Lipinski definition) is 3. The van der Waals surface area contributed by atoms with Crippen molar-refractivity contribution in [2.24, 2.45) is 0 Å². The maximum absolute atomic E-state index is 12.6. The van der Waals surface area contributed by atoms with E-state index in [1.807, 2.05) is 36.4 Å². The number of nitrogens with one attached hydrogen (secondary N) is 2. The van der Waals surface area contributed by atoms with Crippen LogP contribution in [0.2, 0.25) is 0 Å². The molecule has 0 aromatic heterocycles. The number of rotatable bonds is 5. The van der Waals surface area contributed by atoms with Crippen molar-refractivity contribution in [2.75, 3.05) is 13.2 Å². The summed E-state index contributed by atoms with van der Waals surface area (Å²) in [6.45, 7) is 0.303. The van der Waals surface area contributed by atoms with Crippen LogP contribution in [-0.4, -0.2) is 65.2 Å². The highest BCUT2D eigenvalue weighted by Crippen LogP contribution is 2.44. The van der Waals surface area contributed by atoms with E-state index in [2.05, 4.69) is 22.8 Å². The summed E-state index contributed by atoms with van der Waals surface area (Å²) in [5.74, 6) is -2.08. The van der Waals surface area contributed by atoms with Gasteiger partial charge in [-0.2, -0.15) is 0 Å². The van der Waals surface area contributed by atoms with E-state index in [1.165, 1.54) is 4.90 Å². The SMILES string of the molecule is O=C(O)CC1NC(=O)C2CC(NC(=O)OCC3c4ccccc4-c4ccccc43)CN2C1=O. The maximum Gasteiger partial charge on any atom is 0.407 e. The van der Waals surface area contributed by atoms with E-state index in [0.29, 0.717) is 0 Å². The standard InChI is InChI=1S/C24H23N3O6/c28-21(29)10-19-23(31)27-11-13(9-20(27)22(30)26-19)25-24(32)33-12-18-16-7-3-1-5-14(16)15-6-2-4-8-17(15)18/h1-8,13,18-20H,9-12H2,(H,25,32)(H,26,30)(H,28,29). The van der Waals surface area contributed by atoms with Crippen molar-refractivity contribution in [2.45, 2.75) is 36.9 Å². The average Bonchev–Trinajstić information content (AvgIpc) is 3.35. The van der Waals surface area contributed by atoms with Gasteiger partial charge < -0.3 is 25.4 Å². The largest absolute Gasteiger partial charge is 0.481 e. The molecule has 9 heteroatoms. The Morgan fingerprint density at radius 2 is 1.70 bits per heavy atom. The molecule has 2 aliphatic heterocycles. The van der Waals surface area contributed by atoms with Crippen molar-refractivity contribution < 1.29 is 29.0 Å². The van der Waals surface area contributed by atoms with Gasteiger partial charge in [0.05, 0.1) is 12.5 Å². The number of aliphatic carboxylic acids is 1. The van der Waals surface area contributed by atoms with Gasteiger partial charge in [-0.25, -0.2) is 4.79 Å². The number of piperazine rings is 1. The molecule has 0 radical (unpaired) electrons. The predicted molar refractivity (Wildman–Crippen MR) is 116 cm³/mol. The monoisotopic (exact) mass is 449 g/mol. The highest BCUT2D eigenvalue weighted by molar-refractivity contribution is 5.99. The lowest BCUT2D eigenvalue weighted by Crippen LogP contribution is -2.61. The quantitative estimate of drug-likeness (QED) is 0.635. The van der Waals surface area contributed by atoms with Crippen LogP contribution in [0, 0.1) is 0 Å². The summed E-state index contributed by atoms with van der Waals surface area (Å²) >= 11 is 0. The zero-order valence-corrected chi connectivity index (χ0v) is 17.7. The Bertz CT molecular complexity index is 1100. The fraction of sp³-hybridized carbons (Fsp3) is 0.333. The topological polar surface area (TPSA) is 125 Å². The predicted octanol–water partition coefficient (Wildman–Crippen LogP) is 1.47. The third-order valence-corrected chi connectivity index (χ3v) is 6.55. The van der Waals surface area contributed by atoms with Crippen LogP contribution < -0.4 is 10.6 Å². The third-order valence-electron chi connectivity index (χ3n) is 6.55. The molecule has 0 bridgehead atoms. The highest BCUT2D eigenvalue weighted by Gasteiger charge is 2.47. The summed E-state index contributed by atoms with van der Waals surface area (Å²) in [5, 5.41) is 14.2. The van der Waals surface area contributed by atoms with Gasteiger partial charge in [-0.1, -0.05) is 48.5 Å². The van der Waals surface area contributed by atoms with E-state index >= 15 is 0 Å². The number of carbonyl (C=O) groups excluding carboxylic acids is 3. The van der Waals surface area contributed by atoms with Crippen LogP contribution >= 0.6 is 0 Å². The number of hydrogen-bond acceptors (Lipinski definition) is 5. The molecule has 3 aliphatic rings. The lowest BCUT2D eigenvalue weighted by atomic mass is 9.98. The Hall–Kier alpha value is -3.88. The van der Waals surface area contributed by atoms with Gasteiger partial charge in [0.25, 0.3) is 0 Å². The van der Waals surface area contributed by atoms with Crippen molar-refractivity contribution in [3.63, 3.8) is 0 Å². The number of benzene rings is 2. The summed E-state index contributed by atoms with van der Waals surface area (Å²) in [6, 6.07) is 13.8. The minimum Gasteiger partial charge on any atom is -0.481 e. The van der Waals surface area contributed by atoms with Crippen molar-refractivity contribution in [3.05, 3.63) is 59.7 Å². The van der Waals surface area contributed by atoms with Gasteiger partial charge in [0.2, 0.25) is 11.8 Å². The van der Waals surface area contributed by atoms with Crippen LogP contribution in [0.25, 0.3) is 11.1 Å². The van der Waals surface area contributed by atoms with Gasteiger partial charge in [-0.3, -0.25) is 14.4 Å². The molecule has 9 nitrogen and oxygen atoms in total. The van der Waals surface area contributed by atoms with Crippen LogP contribution in [0.5, 0.6) is 0 Å². The fourth-order valence-electron chi connectivity index (χ4n) is 5.08. The van der Waals surface area contributed by atoms with Crippen LogP contribution in [-0.2, 0) is 19.1 Å². The van der Waals surface area contributed by atoms with Gasteiger partial charge in [0.1, 0.15) is 18.7 Å². The Kier molecular flexibility index (Phi) is 5.24. The Balaban J connectivity index is 1.21. The van der Waals surface area contributed by atoms with Crippen molar-refractivity contribution in [1.82, 2.24) is 15.5 Å². The van der Waals surface area contributed by atoms with Gasteiger partial charge in [0.15, 0.2) is 0 Å². The molecule has 2 heterocycles. The van der Waals surface area contributed by atoms with Gasteiger partial charge in [-0.05, 0) is 28.7 Å². The van der Waals surface area contributed by atoms with Crippen molar-refractivity contribution >= 4 is 23.9 Å². The number of fused-ring (bicyclic) bond motifs is 4. The van der Waals surface area contributed by atoms with E-state index in [4.69, 9.17) is 9.84 Å². The molecule has 5 rings (SSSR count). The summed E-state index contributed by atoms with van der Waals surface area (Å²) in [6.07, 6.45) is -0.837. The summed E-state index contributed by atoms with van der Waals surface area (Å²) in [5.41, 5.74) is 4.48. The van der Waals surface area contributed by atoms with Crippen LogP contribution in [0.3, 0.4) is 0 Å². The molecule has 3 atom stereocenters. The first-order valence-corrected chi connectivity index (χ1v) is 10.9. The van der Waals surface area contributed by atoms with Crippen molar-refractivity contribution in [1.29, 1.82) is 0 Å². The molecule has 2 aromatic rings. The van der Waals surface area contributed by atoms with Crippen LogP contribution in [0.4, 0.5) is 4.79 Å². The molecule has 2 saturated heterocycles. The van der Waals surface area contributed by atoms with E-state index in [9.17, 15) is 19.2 Å². The molecule has 170 valence electrons. The first-order valence-electron chi connectivity index (χ1n) is 10.9. The smallest absolute Gasteiger partial charge is 0.407 e. The molecule has 3 N–H and O–H groups in total. The maximum atomic E-state index is 12.6. The van der Waals surface area contributed by atoms with Gasteiger partial charge in [-0.15, -0.1) is 0 Å². The number of amides is 3. The normalized spacial score (nSPS) is 23.4. The molecule has 0 spiro atoms. The summed E-state index contributed by atoms with van der Waals surface area (Å²) in [7, 11) is 0. The summed E-state index contributed by atoms with van der Waals surface area (Å²) in [4.78, 5) is 49.7. The molecule has 2 aromatic carbocycles. The molecule has 3 amide bonds. The first-order chi connectivity index (χ1) is 15.9. The summed E-state index contributed by atoms with van der Waals surface area (Å²) < 4.78 is 5.55. The van der Waals surface area contributed by atoms with Crippen molar-refractivity contribution in [3.8, 4) is 11.1 Å². The Labute approximate surface area is 189 Å². The molecule has 33 heavy (non-hydrogen) atoms. The van der Waals surface area contributed by atoms with E-state index in [1.54, 1.807) is 0 Å². The molecule has 2 fully saturated rings. The zero-order valence-electron chi connectivity index (χ0n) is 17.7. The number of ether oxygens (including phenoxy) is 1. The molecular formula is C24H23N3O6. The minimum absolute atomic E-state index is 0.0674. The fourth-order valence-corrected chi connectivity index (χ4v) is 5.08. The average molecular weight is 449 g/mol. The second-order valence-electron chi connectivity index (χ2n) is 8.57. The number of carbonyl (C=O) groups is 4. The third kappa shape index (κ3) is 3.79. The molecule has 0 saturated carbocycles. The molecule has 3 unspecified atom stereocenters. The second-order valence-corrected chi connectivity index (χ2v) is 8.57. The van der Waals surface area contributed by atoms with Gasteiger partial charge >= 0.3 is 12.1 Å². The zero-order chi connectivity index (χ0) is 23.1. The lowest BCUT2D eigenvalue weighted by Gasteiger charge is -2.33. The first kappa shape index (κ1) is 21.0. The minimum atomic E-state index is -1.17. The number of alkyl carbamates (subject to hydrolysis) is 1. The Morgan fingerprint density at radius 1 is 1.06 bits per heavy atom. The highest BCUT2D eigenvalue weighted by atomic mass is 16.5. The van der Waals surface area contributed by atoms with E-state index in [-0.39, 0.29) is 25.5 Å². The van der Waals surface area contributed by atoms with E-state index < -0.39 is 48.4 Å². The lowest BCUT2D eigenvalue weighted by molar-refractivity contribution is -0.150. The van der Waals surface area contributed by atoms with Crippen LogP contribution in [0.1, 0.15) is 29.9 Å².